The monoisotopic (exact) mass is 318 g/mol. The minimum Gasteiger partial charge on any atom is -0.357 e. The molecule has 1 aromatic heterocycles. The number of carbonyl (C=O) groups excluding carboxylic acids is 1. The second-order valence-corrected chi connectivity index (χ2v) is 6.05. The summed E-state index contributed by atoms with van der Waals surface area (Å²) in [7, 11) is 0. The Morgan fingerprint density at radius 1 is 1.04 bits per heavy atom. The molecule has 3 rings (SSSR count). The summed E-state index contributed by atoms with van der Waals surface area (Å²) in [6.07, 6.45) is 3.58. The second-order valence-electron chi connectivity index (χ2n) is 6.05. The largest absolute Gasteiger partial charge is 0.357 e. The quantitative estimate of drug-likeness (QED) is 0.659. The third-order valence-electron chi connectivity index (χ3n) is 3.94. The molecule has 0 radical (unpaired) electrons. The maximum atomic E-state index is 11.1. The first-order chi connectivity index (χ1) is 11.7. The first-order valence-corrected chi connectivity index (χ1v) is 8.21. The van der Waals surface area contributed by atoms with Crippen molar-refractivity contribution in [1.82, 2.24) is 9.88 Å². The van der Waals surface area contributed by atoms with Crippen LogP contribution in [-0.2, 0) is 17.9 Å². The Hall–Kier alpha value is -2.65. The van der Waals surface area contributed by atoms with Gasteiger partial charge in [0.05, 0.1) is 0 Å². The van der Waals surface area contributed by atoms with Crippen molar-refractivity contribution in [2.45, 2.75) is 20.0 Å². The van der Waals surface area contributed by atoms with Crippen molar-refractivity contribution < 1.29 is 4.79 Å². The highest BCUT2D eigenvalue weighted by Crippen LogP contribution is 2.17. The highest BCUT2D eigenvalue weighted by atomic mass is 16.1. The number of nitrogens with zero attached hydrogens (tertiary/aromatic N) is 1. The third-order valence-corrected chi connectivity index (χ3v) is 3.94. The molecular formula is C21H22N2O. The zero-order valence-corrected chi connectivity index (χ0v) is 13.9. The lowest BCUT2D eigenvalue weighted by atomic mass is 10.2. The molecule has 3 aromatic rings. The lowest BCUT2D eigenvalue weighted by molar-refractivity contribution is -0.112. The number of H-pyrrole nitrogens is 1. The van der Waals surface area contributed by atoms with Crippen molar-refractivity contribution in [3.63, 3.8) is 0 Å². The summed E-state index contributed by atoms with van der Waals surface area (Å²) < 4.78 is 0. The Kier molecular flexibility index (Phi) is 5.24. The molecular weight excluding hydrogens is 296 g/mol. The SMILES string of the molecule is CC(=O)/C=C/CN(Cc1ccccc1)Cc1cc2ccccc2[nH]1. The number of nitrogens with one attached hydrogen (secondary N) is 1. The van der Waals surface area contributed by atoms with E-state index in [9.17, 15) is 4.79 Å². The van der Waals surface area contributed by atoms with Gasteiger partial charge in [-0.05, 0) is 36.1 Å². The van der Waals surface area contributed by atoms with Gasteiger partial charge in [-0.25, -0.2) is 0 Å². The topological polar surface area (TPSA) is 36.1 Å². The number of para-hydroxylation sites is 1. The molecule has 0 saturated carbocycles. The summed E-state index contributed by atoms with van der Waals surface area (Å²) in [5, 5.41) is 1.23. The molecule has 3 nitrogen and oxygen atoms in total. The van der Waals surface area contributed by atoms with E-state index in [2.05, 4.69) is 58.4 Å². The van der Waals surface area contributed by atoms with Gasteiger partial charge in [-0.2, -0.15) is 0 Å². The zero-order chi connectivity index (χ0) is 16.8. The van der Waals surface area contributed by atoms with E-state index in [4.69, 9.17) is 0 Å². The molecule has 0 aliphatic heterocycles. The van der Waals surface area contributed by atoms with Crippen LogP contribution < -0.4 is 0 Å². The standard InChI is InChI=1S/C21H22N2O/c1-17(24)8-7-13-23(15-18-9-3-2-4-10-18)16-20-14-19-11-5-6-12-21(19)22-20/h2-12,14,22H,13,15-16H2,1H3/b8-7+. The summed E-state index contributed by atoms with van der Waals surface area (Å²) in [6.45, 7) is 3.98. The summed E-state index contributed by atoms with van der Waals surface area (Å²) in [6, 6.07) is 20.9. The van der Waals surface area contributed by atoms with Crippen LogP contribution in [-0.4, -0.2) is 22.2 Å². The van der Waals surface area contributed by atoms with E-state index in [1.54, 1.807) is 13.0 Å². The van der Waals surface area contributed by atoms with E-state index >= 15 is 0 Å². The van der Waals surface area contributed by atoms with E-state index in [1.807, 2.05) is 18.2 Å². The first kappa shape index (κ1) is 16.2. The van der Waals surface area contributed by atoms with E-state index in [-0.39, 0.29) is 5.78 Å². The molecule has 24 heavy (non-hydrogen) atoms. The maximum Gasteiger partial charge on any atom is 0.152 e. The van der Waals surface area contributed by atoms with Gasteiger partial charge in [0.15, 0.2) is 5.78 Å². The summed E-state index contributed by atoms with van der Waals surface area (Å²) in [5.74, 6) is 0.0836. The molecule has 1 N–H and O–H groups in total. The number of aromatic amines is 1. The molecule has 0 aliphatic carbocycles. The fraction of sp³-hybridized carbons (Fsp3) is 0.190. The van der Waals surface area contributed by atoms with Gasteiger partial charge in [0, 0.05) is 30.8 Å². The normalized spacial score (nSPS) is 11.6. The molecule has 0 unspecified atom stereocenters. The van der Waals surface area contributed by atoms with Crippen LogP contribution in [0.5, 0.6) is 0 Å². The molecule has 0 atom stereocenters. The van der Waals surface area contributed by atoms with Crippen LogP contribution in [0.1, 0.15) is 18.2 Å². The number of rotatable bonds is 7. The van der Waals surface area contributed by atoms with Gasteiger partial charge in [-0.15, -0.1) is 0 Å². The number of carbonyl (C=O) groups is 1. The van der Waals surface area contributed by atoms with E-state index in [0.29, 0.717) is 0 Å². The number of allylic oxidation sites excluding steroid dienone is 1. The molecule has 0 aliphatic rings. The van der Waals surface area contributed by atoms with Gasteiger partial charge < -0.3 is 4.98 Å². The lowest BCUT2D eigenvalue weighted by Crippen LogP contribution is -2.23. The van der Waals surface area contributed by atoms with Crippen LogP contribution in [0.25, 0.3) is 10.9 Å². The Labute approximate surface area is 142 Å². The molecule has 2 aromatic carbocycles. The number of hydrogen-bond acceptors (Lipinski definition) is 2. The minimum atomic E-state index is 0.0836. The number of aromatic nitrogens is 1. The molecule has 1 heterocycles. The van der Waals surface area contributed by atoms with Crippen molar-refractivity contribution in [2.75, 3.05) is 6.54 Å². The van der Waals surface area contributed by atoms with Gasteiger partial charge >= 0.3 is 0 Å². The predicted molar refractivity (Wildman–Crippen MR) is 98.7 cm³/mol. The van der Waals surface area contributed by atoms with Crippen LogP contribution in [0.15, 0.2) is 72.8 Å². The summed E-state index contributed by atoms with van der Waals surface area (Å²) in [4.78, 5) is 16.9. The van der Waals surface area contributed by atoms with E-state index in [0.717, 1.165) is 25.2 Å². The summed E-state index contributed by atoms with van der Waals surface area (Å²) in [5.41, 5.74) is 3.61. The molecule has 3 heteroatoms. The highest BCUT2D eigenvalue weighted by molar-refractivity contribution is 5.87. The predicted octanol–water partition coefficient (Wildman–Crippen LogP) is 4.32. The average molecular weight is 318 g/mol. The lowest BCUT2D eigenvalue weighted by Gasteiger charge is -2.20. The molecule has 0 spiro atoms. The third kappa shape index (κ3) is 4.43. The van der Waals surface area contributed by atoms with Gasteiger partial charge in [0.1, 0.15) is 0 Å². The Balaban J connectivity index is 1.76. The van der Waals surface area contributed by atoms with Crippen LogP contribution in [0.2, 0.25) is 0 Å². The van der Waals surface area contributed by atoms with Crippen LogP contribution in [0, 0.1) is 0 Å². The first-order valence-electron chi connectivity index (χ1n) is 8.21. The van der Waals surface area contributed by atoms with Crippen LogP contribution in [0.4, 0.5) is 0 Å². The van der Waals surface area contributed by atoms with Crippen molar-refractivity contribution >= 4 is 16.7 Å². The van der Waals surface area contributed by atoms with Gasteiger partial charge in [-0.1, -0.05) is 54.6 Å². The molecule has 0 saturated heterocycles. The number of benzene rings is 2. The Bertz CT molecular complexity index is 800. The van der Waals surface area contributed by atoms with Crippen molar-refractivity contribution in [3.05, 3.63) is 84.1 Å². The fourth-order valence-electron chi connectivity index (χ4n) is 2.85. The van der Waals surface area contributed by atoms with Gasteiger partial charge in [0.25, 0.3) is 0 Å². The smallest absolute Gasteiger partial charge is 0.152 e. The average Bonchev–Trinajstić information content (AvgIpc) is 2.97. The van der Waals surface area contributed by atoms with E-state index in [1.165, 1.54) is 16.6 Å². The number of ketones is 1. The Morgan fingerprint density at radius 3 is 2.54 bits per heavy atom. The van der Waals surface area contributed by atoms with Crippen molar-refractivity contribution in [1.29, 1.82) is 0 Å². The van der Waals surface area contributed by atoms with Gasteiger partial charge in [-0.3, -0.25) is 9.69 Å². The highest BCUT2D eigenvalue weighted by Gasteiger charge is 2.08. The second kappa shape index (κ2) is 7.75. The number of fused-ring (bicyclic) bond motifs is 1. The summed E-state index contributed by atoms with van der Waals surface area (Å²) >= 11 is 0. The van der Waals surface area contributed by atoms with Crippen molar-refractivity contribution in [3.8, 4) is 0 Å². The Morgan fingerprint density at radius 2 is 1.79 bits per heavy atom. The minimum absolute atomic E-state index is 0.0836. The molecule has 0 bridgehead atoms. The van der Waals surface area contributed by atoms with Gasteiger partial charge in [0.2, 0.25) is 0 Å². The van der Waals surface area contributed by atoms with Crippen molar-refractivity contribution in [2.24, 2.45) is 0 Å². The van der Waals surface area contributed by atoms with Crippen LogP contribution in [0.3, 0.4) is 0 Å². The van der Waals surface area contributed by atoms with Crippen LogP contribution >= 0.6 is 0 Å². The number of hydrogen-bond donors (Lipinski definition) is 1. The molecule has 0 amide bonds. The zero-order valence-electron chi connectivity index (χ0n) is 13.9. The maximum absolute atomic E-state index is 11.1. The van der Waals surface area contributed by atoms with E-state index < -0.39 is 0 Å². The molecule has 122 valence electrons. The molecule has 0 fully saturated rings. The fourth-order valence-corrected chi connectivity index (χ4v) is 2.85.